The van der Waals surface area contributed by atoms with E-state index in [2.05, 4.69) is 20.6 Å². The summed E-state index contributed by atoms with van der Waals surface area (Å²) < 4.78 is 40.5. The maximum absolute atomic E-state index is 14.1. The molecule has 29 heavy (non-hydrogen) atoms. The van der Waals surface area contributed by atoms with E-state index in [4.69, 9.17) is 11.5 Å². The van der Waals surface area contributed by atoms with E-state index in [1.807, 2.05) is 0 Å². The number of nitrogens with zero attached hydrogens (tertiary/aromatic N) is 3. The van der Waals surface area contributed by atoms with Crippen molar-refractivity contribution in [2.24, 2.45) is 18.5 Å². The Balaban J connectivity index is 1.90. The minimum absolute atomic E-state index is 0.0131. The summed E-state index contributed by atoms with van der Waals surface area (Å²) >= 11 is 0. The normalized spacial score (nSPS) is 12.3. The Morgan fingerprint density at radius 3 is 2.76 bits per heavy atom. The minimum atomic E-state index is -2.52. The number of nitrogens with one attached hydrogen (secondary N) is 2. The summed E-state index contributed by atoms with van der Waals surface area (Å²) in [5, 5.41) is 6.31. The highest BCUT2D eigenvalue weighted by atomic mass is 19.3. The summed E-state index contributed by atoms with van der Waals surface area (Å²) in [7, 11) is 1.71. The second-order valence-electron chi connectivity index (χ2n) is 6.50. The van der Waals surface area contributed by atoms with Crippen molar-refractivity contribution < 1.29 is 18.0 Å². The van der Waals surface area contributed by atoms with Gasteiger partial charge in [0.05, 0.1) is 5.52 Å². The van der Waals surface area contributed by atoms with E-state index in [1.54, 1.807) is 23.9 Å². The average molecular weight is 407 g/mol. The molecule has 154 valence electrons. The lowest BCUT2D eigenvalue weighted by atomic mass is 10.2. The number of carbonyl (C=O) groups is 1. The topological polar surface area (TPSA) is 124 Å². The van der Waals surface area contributed by atoms with E-state index in [-0.39, 0.29) is 23.9 Å². The first kappa shape index (κ1) is 20.4. The molecule has 0 saturated heterocycles. The van der Waals surface area contributed by atoms with Gasteiger partial charge in [-0.2, -0.15) is 4.98 Å². The molecule has 0 saturated carbocycles. The summed E-state index contributed by atoms with van der Waals surface area (Å²) in [5.41, 5.74) is 11.9. The number of hydrogen-bond acceptors (Lipinski definition) is 6. The zero-order valence-corrected chi connectivity index (χ0v) is 15.5. The maximum Gasteiger partial charge on any atom is 0.254 e. The molecule has 0 aliphatic rings. The van der Waals surface area contributed by atoms with Gasteiger partial charge in [-0.05, 0) is 18.2 Å². The van der Waals surface area contributed by atoms with Gasteiger partial charge in [-0.1, -0.05) is 0 Å². The van der Waals surface area contributed by atoms with E-state index in [1.165, 1.54) is 18.3 Å². The van der Waals surface area contributed by atoms with Gasteiger partial charge in [0.2, 0.25) is 12.4 Å². The second kappa shape index (κ2) is 8.35. The van der Waals surface area contributed by atoms with Gasteiger partial charge in [-0.3, -0.25) is 4.79 Å². The van der Waals surface area contributed by atoms with Crippen molar-refractivity contribution in [2.75, 3.05) is 17.2 Å². The van der Waals surface area contributed by atoms with Crippen LogP contribution in [-0.2, 0) is 7.05 Å². The van der Waals surface area contributed by atoms with Crippen molar-refractivity contribution in [3.05, 3.63) is 42.0 Å². The summed E-state index contributed by atoms with van der Waals surface area (Å²) in [6, 6.07) is 3.72. The number of alkyl halides is 2. The number of amides is 1. The van der Waals surface area contributed by atoms with Crippen molar-refractivity contribution in [3.8, 4) is 0 Å². The molecule has 8 nitrogen and oxygen atoms in total. The third-order valence-electron chi connectivity index (χ3n) is 4.30. The van der Waals surface area contributed by atoms with Crippen LogP contribution in [0.4, 0.5) is 30.6 Å². The number of carbonyl (C=O) groups excluding carboxylic acids is 1. The molecule has 1 aromatic carbocycles. The largest absolute Gasteiger partial charge is 0.365 e. The lowest BCUT2D eigenvalue weighted by Crippen LogP contribution is -2.31. The van der Waals surface area contributed by atoms with Gasteiger partial charge < -0.3 is 26.7 Å². The van der Waals surface area contributed by atoms with Crippen LogP contribution < -0.4 is 22.1 Å². The number of primary amides is 1. The molecule has 0 bridgehead atoms. The minimum Gasteiger partial charge on any atom is -0.365 e. The van der Waals surface area contributed by atoms with Crippen LogP contribution in [0.3, 0.4) is 0 Å². The molecule has 2 heterocycles. The van der Waals surface area contributed by atoms with E-state index in [9.17, 15) is 18.0 Å². The third-order valence-corrected chi connectivity index (χ3v) is 4.30. The molecule has 3 aromatic rings. The van der Waals surface area contributed by atoms with Crippen LogP contribution in [0.1, 0.15) is 16.8 Å². The van der Waals surface area contributed by atoms with E-state index in [0.717, 1.165) is 0 Å². The van der Waals surface area contributed by atoms with Gasteiger partial charge in [-0.15, -0.1) is 0 Å². The zero-order chi connectivity index (χ0) is 21.1. The van der Waals surface area contributed by atoms with Crippen molar-refractivity contribution in [3.63, 3.8) is 0 Å². The number of nitrogens with two attached hydrogens (primary N) is 2. The molecule has 1 atom stereocenters. The number of aromatic nitrogens is 3. The Morgan fingerprint density at radius 2 is 2.07 bits per heavy atom. The smallest absolute Gasteiger partial charge is 0.254 e. The predicted molar refractivity (Wildman–Crippen MR) is 104 cm³/mol. The second-order valence-corrected chi connectivity index (χ2v) is 6.50. The van der Waals surface area contributed by atoms with Gasteiger partial charge in [0.15, 0.2) is 0 Å². The van der Waals surface area contributed by atoms with Gasteiger partial charge >= 0.3 is 0 Å². The molecule has 3 rings (SSSR count). The highest BCUT2D eigenvalue weighted by molar-refractivity contribution is 6.00. The van der Waals surface area contributed by atoms with Gasteiger partial charge in [-0.25, -0.2) is 18.2 Å². The Bertz CT molecular complexity index is 1040. The van der Waals surface area contributed by atoms with Gasteiger partial charge in [0.1, 0.15) is 17.2 Å². The Morgan fingerprint density at radius 1 is 1.31 bits per heavy atom. The molecule has 0 unspecified atom stereocenters. The zero-order valence-electron chi connectivity index (χ0n) is 15.5. The van der Waals surface area contributed by atoms with Crippen LogP contribution >= 0.6 is 0 Å². The van der Waals surface area contributed by atoms with E-state index >= 15 is 0 Å². The van der Waals surface area contributed by atoms with Crippen molar-refractivity contribution in [1.82, 2.24) is 14.5 Å². The number of hydrogen-bond donors (Lipinski definition) is 4. The number of anilines is 3. The molecule has 11 heteroatoms. The lowest BCUT2D eigenvalue weighted by molar-refractivity contribution is 0.100. The summed E-state index contributed by atoms with van der Waals surface area (Å²) in [6.07, 6.45) is -0.0803. The number of rotatable bonds is 8. The summed E-state index contributed by atoms with van der Waals surface area (Å²) in [5.74, 6) is -0.992. The predicted octanol–water partition coefficient (Wildman–Crippen LogP) is 2.34. The van der Waals surface area contributed by atoms with Crippen molar-refractivity contribution >= 4 is 34.3 Å². The van der Waals surface area contributed by atoms with Crippen LogP contribution in [0.2, 0.25) is 0 Å². The molecule has 1 amide bonds. The highest BCUT2D eigenvalue weighted by Gasteiger charge is 2.16. The van der Waals surface area contributed by atoms with Crippen molar-refractivity contribution in [2.45, 2.75) is 18.9 Å². The summed E-state index contributed by atoms with van der Waals surface area (Å²) in [4.78, 5) is 19.9. The van der Waals surface area contributed by atoms with E-state index < -0.39 is 30.6 Å². The first-order chi connectivity index (χ1) is 13.8. The highest BCUT2D eigenvalue weighted by Crippen LogP contribution is 2.29. The molecule has 0 spiro atoms. The van der Waals surface area contributed by atoms with Crippen LogP contribution in [-0.4, -0.2) is 39.5 Å². The fourth-order valence-electron chi connectivity index (χ4n) is 2.88. The molecular weight excluding hydrogens is 387 g/mol. The molecule has 2 aromatic heterocycles. The Hall–Kier alpha value is -3.34. The Labute approximate surface area is 164 Å². The van der Waals surface area contributed by atoms with Gasteiger partial charge in [0, 0.05) is 49.5 Å². The number of fused-ring (bicyclic) bond motifs is 1. The van der Waals surface area contributed by atoms with Crippen LogP contribution in [0.15, 0.2) is 30.6 Å². The monoisotopic (exact) mass is 407 g/mol. The maximum atomic E-state index is 14.1. The lowest BCUT2D eigenvalue weighted by Gasteiger charge is -2.15. The van der Waals surface area contributed by atoms with Crippen molar-refractivity contribution in [1.29, 1.82) is 0 Å². The number of benzene rings is 1. The van der Waals surface area contributed by atoms with Crippen LogP contribution in [0, 0.1) is 5.82 Å². The fraction of sp³-hybridized carbons (Fsp3) is 0.278. The van der Waals surface area contributed by atoms with Crippen LogP contribution in [0.5, 0.6) is 0 Å². The molecule has 0 aliphatic heterocycles. The molecule has 0 radical (unpaired) electrons. The SMILES string of the molecule is Cn1ccc2c(Nc3nc(NC[C@@H](N)CC(F)F)ncc3C(N)=O)ccc(F)c21. The van der Waals surface area contributed by atoms with E-state index in [0.29, 0.717) is 16.6 Å². The number of aryl methyl sites for hydroxylation is 1. The Kier molecular flexibility index (Phi) is 5.87. The molecule has 0 fully saturated rings. The molecule has 0 aliphatic carbocycles. The number of halogens is 3. The standard InChI is InChI=1S/C18H20F3N7O/c1-28-5-4-10-13(3-2-12(19)15(10)28)26-17-11(16(23)29)8-25-18(27-17)24-7-9(22)6-14(20)21/h2-5,8-9,14H,6-7,22H2,1H3,(H2,23,29)(H2,24,25,26,27)/t9-/m0/s1. The summed E-state index contributed by atoms with van der Waals surface area (Å²) in [6.45, 7) is 0.0131. The first-order valence-corrected chi connectivity index (χ1v) is 8.71. The first-order valence-electron chi connectivity index (χ1n) is 8.71. The van der Waals surface area contributed by atoms with Crippen LogP contribution in [0.25, 0.3) is 10.9 Å². The van der Waals surface area contributed by atoms with Gasteiger partial charge in [0.25, 0.3) is 5.91 Å². The quantitative estimate of drug-likeness (QED) is 0.454. The third kappa shape index (κ3) is 4.57. The average Bonchev–Trinajstić information content (AvgIpc) is 3.04. The fourth-order valence-corrected chi connectivity index (χ4v) is 2.88. The molecule has 6 N–H and O–H groups in total. The molecular formula is C18H20F3N7O.